The number of thiophene rings is 1. The van der Waals surface area contributed by atoms with Gasteiger partial charge in [-0.1, -0.05) is 24.3 Å². The third kappa shape index (κ3) is 4.16. The van der Waals surface area contributed by atoms with Gasteiger partial charge in [0.25, 0.3) is 0 Å². The fraction of sp³-hybridized carbons (Fsp3) is 0.267. The van der Waals surface area contributed by atoms with Crippen molar-refractivity contribution in [3.8, 4) is 10.4 Å². The van der Waals surface area contributed by atoms with Gasteiger partial charge in [-0.2, -0.15) is 0 Å². The molecule has 0 spiro atoms. The highest BCUT2D eigenvalue weighted by Crippen LogP contribution is 2.31. The maximum Gasteiger partial charge on any atom is 0.250 e. The largest absolute Gasteiger partial charge is 0.382 e. The third-order valence-electron chi connectivity index (χ3n) is 2.65. The van der Waals surface area contributed by atoms with E-state index in [9.17, 15) is 4.79 Å². The van der Waals surface area contributed by atoms with Crippen molar-refractivity contribution >= 4 is 22.9 Å². The molecule has 5 heteroatoms. The van der Waals surface area contributed by atoms with E-state index in [0.29, 0.717) is 13.2 Å². The Hall–Kier alpha value is -1.69. The molecule has 0 atom stereocenters. The molecule has 0 aliphatic carbocycles. The molecule has 0 fully saturated rings. The summed E-state index contributed by atoms with van der Waals surface area (Å²) in [7, 11) is 1.60. The van der Waals surface area contributed by atoms with Crippen LogP contribution in [-0.2, 0) is 14.3 Å². The molecular weight excluding hydrogens is 274 g/mol. The van der Waals surface area contributed by atoms with E-state index in [2.05, 4.69) is 5.32 Å². The molecule has 0 radical (unpaired) electrons. The van der Waals surface area contributed by atoms with Crippen LogP contribution < -0.4 is 5.32 Å². The lowest BCUT2D eigenvalue weighted by Crippen LogP contribution is -2.19. The normalized spacial score (nSPS) is 10.4. The standard InChI is InChI=1S/C15H17NO3S/c1-18-8-9-19-11-15(17)16-13-6-3-2-5-12(13)14-7-4-10-20-14/h2-7,10H,8-9,11H2,1H3,(H,16,17). The first-order valence-electron chi connectivity index (χ1n) is 6.30. The topological polar surface area (TPSA) is 47.6 Å². The van der Waals surface area contributed by atoms with E-state index >= 15 is 0 Å². The molecule has 0 saturated carbocycles. The number of para-hydroxylation sites is 1. The van der Waals surface area contributed by atoms with Crippen LogP contribution in [0.1, 0.15) is 0 Å². The van der Waals surface area contributed by atoms with Gasteiger partial charge in [-0.3, -0.25) is 4.79 Å². The highest BCUT2D eigenvalue weighted by Gasteiger charge is 2.08. The molecule has 1 aromatic carbocycles. The van der Waals surface area contributed by atoms with Crippen LogP contribution >= 0.6 is 11.3 Å². The van der Waals surface area contributed by atoms with Crippen molar-refractivity contribution in [2.75, 3.05) is 32.2 Å². The van der Waals surface area contributed by atoms with Crippen LogP contribution in [-0.4, -0.2) is 32.8 Å². The zero-order chi connectivity index (χ0) is 14.2. The number of carbonyl (C=O) groups is 1. The minimum Gasteiger partial charge on any atom is -0.382 e. The van der Waals surface area contributed by atoms with E-state index in [-0.39, 0.29) is 12.5 Å². The number of ether oxygens (including phenoxy) is 2. The number of anilines is 1. The summed E-state index contributed by atoms with van der Waals surface area (Å²) in [5.74, 6) is -0.162. The first-order valence-corrected chi connectivity index (χ1v) is 7.18. The zero-order valence-corrected chi connectivity index (χ0v) is 12.1. The fourth-order valence-electron chi connectivity index (χ4n) is 1.73. The van der Waals surface area contributed by atoms with Gasteiger partial charge in [-0.05, 0) is 17.5 Å². The van der Waals surface area contributed by atoms with Gasteiger partial charge in [-0.25, -0.2) is 0 Å². The molecule has 1 amide bonds. The van der Waals surface area contributed by atoms with Crippen LogP contribution in [0.5, 0.6) is 0 Å². The van der Waals surface area contributed by atoms with Crippen LogP contribution in [0.25, 0.3) is 10.4 Å². The molecule has 1 N–H and O–H groups in total. The molecule has 106 valence electrons. The van der Waals surface area contributed by atoms with E-state index in [1.54, 1.807) is 18.4 Å². The average Bonchev–Trinajstić information content (AvgIpc) is 2.98. The molecular formula is C15H17NO3S. The molecule has 20 heavy (non-hydrogen) atoms. The summed E-state index contributed by atoms with van der Waals surface area (Å²) >= 11 is 1.64. The van der Waals surface area contributed by atoms with Crippen molar-refractivity contribution in [3.05, 3.63) is 41.8 Å². The SMILES string of the molecule is COCCOCC(=O)Nc1ccccc1-c1cccs1. The Balaban J connectivity index is 1.97. The smallest absolute Gasteiger partial charge is 0.250 e. The van der Waals surface area contributed by atoms with Gasteiger partial charge in [0.05, 0.1) is 13.2 Å². The van der Waals surface area contributed by atoms with Gasteiger partial charge in [0.15, 0.2) is 0 Å². The van der Waals surface area contributed by atoms with Gasteiger partial charge < -0.3 is 14.8 Å². The lowest BCUT2D eigenvalue weighted by atomic mass is 10.1. The van der Waals surface area contributed by atoms with Gasteiger partial charge in [0, 0.05) is 23.2 Å². The molecule has 0 bridgehead atoms. The molecule has 1 heterocycles. The maximum absolute atomic E-state index is 11.8. The van der Waals surface area contributed by atoms with Crippen LogP contribution in [0.2, 0.25) is 0 Å². The second-order valence-corrected chi connectivity index (χ2v) is 5.06. The monoisotopic (exact) mass is 291 g/mol. The summed E-state index contributed by atoms with van der Waals surface area (Å²) in [4.78, 5) is 13.0. The molecule has 2 aromatic rings. The quantitative estimate of drug-likeness (QED) is 0.798. The Morgan fingerprint density at radius 1 is 1.20 bits per heavy atom. The lowest BCUT2D eigenvalue weighted by Gasteiger charge is -2.10. The summed E-state index contributed by atoms with van der Waals surface area (Å²) in [6.07, 6.45) is 0. The van der Waals surface area contributed by atoms with Gasteiger partial charge >= 0.3 is 0 Å². The van der Waals surface area contributed by atoms with Crippen LogP contribution in [0, 0.1) is 0 Å². The summed E-state index contributed by atoms with van der Waals surface area (Å²) in [5.41, 5.74) is 1.82. The predicted molar refractivity (Wildman–Crippen MR) is 81.1 cm³/mol. The Bertz CT molecular complexity index is 540. The van der Waals surface area contributed by atoms with E-state index in [0.717, 1.165) is 16.1 Å². The molecule has 0 aliphatic rings. The number of hydrogen-bond donors (Lipinski definition) is 1. The second-order valence-electron chi connectivity index (χ2n) is 4.12. The average molecular weight is 291 g/mol. The van der Waals surface area contributed by atoms with Crippen LogP contribution in [0.15, 0.2) is 41.8 Å². The van der Waals surface area contributed by atoms with Crippen molar-refractivity contribution in [2.45, 2.75) is 0 Å². The second kappa shape index (κ2) is 7.79. The zero-order valence-electron chi connectivity index (χ0n) is 11.3. The van der Waals surface area contributed by atoms with Crippen molar-refractivity contribution in [1.82, 2.24) is 0 Å². The van der Waals surface area contributed by atoms with Crippen LogP contribution in [0.3, 0.4) is 0 Å². The molecule has 0 saturated heterocycles. The molecule has 0 aliphatic heterocycles. The van der Waals surface area contributed by atoms with E-state index in [1.807, 2.05) is 41.8 Å². The van der Waals surface area contributed by atoms with Crippen LogP contribution in [0.4, 0.5) is 5.69 Å². The van der Waals surface area contributed by atoms with E-state index < -0.39 is 0 Å². The summed E-state index contributed by atoms with van der Waals surface area (Å²) in [6.45, 7) is 0.928. The number of rotatable bonds is 7. The minimum atomic E-state index is -0.162. The molecule has 2 rings (SSSR count). The molecule has 1 aromatic heterocycles. The number of carbonyl (C=O) groups excluding carboxylic acids is 1. The number of benzene rings is 1. The first-order chi connectivity index (χ1) is 9.81. The van der Waals surface area contributed by atoms with Gasteiger partial charge in [0.2, 0.25) is 5.91 Å². The van der Waals surface area contributed by atoms with E-state index in [4.69, 9.17) is 9.47 Å². The predicted octanol–water partition coefficient (Wildman–Crippen LogP) is 3.02. The Morgan fingerprint density at radius 3 is 2.80 bits per heavy atom. The number of methoxy groups -OCH3 is 1. The Morgan fingerprint density at radius 2 is 2.05 bits per heavy atom. The van der Waals surface area contributed by atoms with Gasteiger partial charge in [0.1, 0.15) is 6.61 Å². The lowest BCUT2D eigenvalue weighted by molar-refractivity contribution is -0.121. The molecule has 0 unspecified atom stereocenters. The highest BCUT2D eigenvalue weighted by atomic mass is 32.1. The minimum absolute atomic E-state index is 0.0299. The maximum atomic E-state index is 11.8. The number of nitrogens with one attached hydrogen (secondary N) is 1. The van der Waals surface area contributed by atoms with Crippen molar-refractivity contribution in [2.24, 2.45) is 0 Å². The Kier molecular flexibility index (Phi) is 5.73. The fourth-order valence-corrected chi connectivity index (χ4v) is 2.50. The first kappa shape index (κ1) is 14.7. The number of hydrogen-bond acceptors (Lipinski definition) is 4. The van der Waals surface area contributed by atoms with Crippen molar-refractivity contribution in [1.29, 1.82) is 0 Å². The van der Waals surface area contributed by atoms with Crippen molar-refractivity contribution in [3.63, 3.8) is 0 Å². The third-order valence-corrected chi connectivity index (χ3v) is 3.56. The summed E-state index contributed by atoms with van der Waals surface area (Å²) in [6, 6.07) is 11.8. The highest BCUT2D eigenvalue weighted by molar-refractivity contribution is 7.13. The van der Waals surface area contributed by atoms with Gasteiger partial charge in [-0.15, -0.1) is 11.3 Å². The summed E-state index contributed by atoms with van der Waals surface area (Å²) < 4.78 is 10.1. The summed E-state index contributed by atoms with van der Waals surface area (Å²) in [5, 5.41) is 4.89. The molecule has 4 nitrogen and oxygen atoms in total. The number of amides is 1. The Labute approximate surface area is 122 Å². The van der Waals surface area contributed by atoms with Crippen molar-refractivity contribution < 1.29 is 14.3 Å². The van der Waals surface area contributed by atoms with E-state index in [1.165, 1.54) is 0 Å².